The van der Waals surface area contributed by atoms with Gasteiger partial charge in [0.1, 0.15) is 23.1 Å². The zero-order valence-electron chi connectivity index (χ0n) is 25.1. The Morgan fingerprint density at radius 2 is 1.77 bits per heavy atom. The lowest BCUT2D eigenvalue weighted by atomic mass is 9.95. The number of nitrogens with zero attached hydrogens (tertiary/aromatic N) is 6. The summed E-state index contributed by atoms with van der Waals surface area (Å²) in [4.78, 5) is 56.7. The maximum atomic E-state index is 14.0. The van der Waals surface area contributed by atoms with Crippen LogP contribution in [0.4, 0.5) is 11.5 Å². The molecule has 0 atom stereocenters. The highest BCUT2D eigenvalue weighted by atomic mass is 32.2. The van der Waals surface area contributed by atoms with E-state index in [9.17, 15) is 24.4 Å². The Kier molecular flexibility index (Phi) is 8.67. The standard InChI is InChI=1S/C31H32N6O5S2/c1-6-42-30(41)20-12-14-35(15-13-20)26-22(18(2)23(17-32)27(38)33(26)4)16-24-28(39)36(31(43)44-24)25-19(3)34(5)37(29(25)40)21-10-8-7-9-11-21/h7-11,16,20H,6,12-15H2,1-5H3/b24-16+. The van der Waals surface area contributed by atoms with Crippen molar-refractivity contribution >= 4 is 57.8 Å². The number of amides is 1. The van der Waals surface area contributed by atoms with E-state index in [1.54, 1.807) is 57.8 Å². The Morgan fingerprint density at radius 1 is 1.11 bits per heavy atom. The van der Waals surface area contributed by atoms with E-state index in [2.05, 4.69) is 0 Å². The number of esters is 1. The average Bonchev–Trinajstić information content (AvgIpc) is 3.41. The van der Waals surface area contributed by atoms with Crippen molar-refractivity contribution in [2.75, 3.05) is 29.5 Å². The van der Waals surface area contributed by atoms with Crippen LogP contribution < -0.4 is 20.9 Å². The molecule has 2 aromatic heterocycles. The van der Waals surface area contributed by atoms with E-state index in [-0.39, 0.29) is 37.9 Å². The van der Waals surface area contributed by atoms with Gasteiger partial charge in [-0.15, -0.1) is 0 Å². The average molecular weight is 633 g/mol. The van der Waals surface area contributed by atoms with Crippen LogP contribution in [-0.4, -0.2) is 49.8 Å². The van der Waals surface area contributed by atoms with Crippen LogP contribution in [0.15, 0.2) is 44.8 Å². The minimum Gasteiger partial charge on any atom is -0.466 e. The van der Waals surface area contributed by atoms with Gasteiger partial charge in [-0.1, -0.05) is 42.2 Å². The van der Waals surface area contributed by atoms with E-state index in [1.807, 2.05) is 29.2 Å². The number of ether oxygens (including phenoxy) is 1. The molecule has 1 aromatic carbocycles. The normalized spacial score (nSPS) is 16.6. The molecule has 4 heterocycles. The van der Waals surface area contributed by atoms with Crippen LogP contribution in [0.3, 0.4) is 0 Å². The molecule has 3 aromatic rings. The number of piperidine rings is 1. The predicted octanol–water partition coefficient (Wildman–Crippen LogP) is 3.55. The van der Waals surface area contributed by atoms with E-state index in [4.69, 9.17) is 17.0 Å². The largest absolute Gasteiger partial charge is 0.466 e. The van der Waals surface area contributed by atoms with Crippen molar-refractivity contribution in [1.82, 2.24) is 13.9 Å². The van der Waals surface area contributed by atoms with Crippen LogP contribution in [0, 0.1) is 31.1 Å². The van der Waals surface area contributed by atoms with E-state index < -0.39 is 11.5 Å². The van der Waals surface area contributed by atoms with Crippen molar-refractivity contribution in [3.8, 4) is 11.8 Å². The molecule has 2 saturated heterocycles. The third-order valence-corrected chi connectivity index (χ3v) is 9.50. The van der Waals surface area contributed by atoms with Crippen molar-refractivity contribution < 1.29 is 14.3 Å². The van der Waals surface area contributed by atoms with Crippen LogP contribution >= 0.6 is 24.0 Å². The molecule has 1 amide bonds. The van der Waals surface area contributed by atoms with Crippen LogP contribution in [0.5, 0.6) is 0 Å². The zero-order chi connectivity index (χ0) is 31.9. The monoisotopic (exact) mass is 632 g/mol. The van der Waals surface area contributed by atoms with E-state index in [0.29, 0.717) is 60.9 Å². The molecule has 0 aliphatic carbocycles. The molecule has 2 aliphatic rings. The van der Waals surface area contributed by atoms with E-state index in [0.717, 1.165) is 11.8 Å². The van der Waals surface area contributed by atoms with Gasteiger partial charge in [0.2, 0.25) is 0 Å². The number of aromatic nitrogens is 3. The Bertz CT molecular complexity index is 1870. The molecule has 5 rings (SSSR count). The molecule has 0 unspecified atom stereocenters. The first-order valence-corrected chi connectivity index (χ1v) is 15.4. The summed E-state index contributed by atoms with van der Waals surface area (Å²) < 4.78 is 10.00. The molecule has 0 saturated carbocycles. The lowest BCUT2D eigenvalue weighted by molar-refractivity contribution is -0.148. The van der Waals surface area contributed by atoms with Crippen LogP contribution in [0.2, 0.25) is 0 Å². The summed E-state index contributed by atoms with van der Waals surface area (Å²) in [5.74, 6) is -0.397. The van der Waals surface area contributed by atoms with Gasteiger partial charge in [0, 0.05) is 32.7 Å². The molecule has 2 aliphatic heterocycles. The second-order valence-electron chi connectivity index (χ2n) is 10.7. The lowest BCUT2D eigenvalue weighted by Gasteiger charge is -2.35. The second-order valence-corrected chi connectivity index (χ2v) is 12.3. The summed E-state index contributed by atoms with van der Waals surface area (Å²) >= 11 is 6.69. The fourth-order valence-electron chi connectivity index (χ4n) is 5.78. The molecular weight excluding hydrogens is 601 g/mol. The van der Waals surface area contributed by atoms with E-state index >= 15 is 0 Å². The Hall–Kier alpha value is -4.41. The smallest absolute Gasteiger partial charge is 0.309 e. The summed E-state index contributed by atoms with van der Waals surface area (Å²) in [6.45, 7) is 6.48. The highest BCUT2D eigenvalue weighted by Gasteiger charge is 2.38. The van der Waals surface area contributed by atoms with Gasteiger partial charge in [0.25, 0.3) is 17.0 Å². The molecule has 0 radical (unpaired) electrons. The molecule has 13 heteroatoms. The van der Waals surface area contributed by atoms with Crippen molar-refractivity contribution in [3.05, 3.63) is 78.3 Å². The molecule has 228 valence electrons. The van der Waals surface area contributed by atoms with Gasteiger partial charge in [-0.05, 0) is 57.4 Å². The maximum absolute atomic E-state index is 14.0. The molecule has 44 heavy (non-hydrogen) atoms. The van der Waals surface area contributed by atoms with Crippen molar-refractivity contribution in [2.24, 2.45) is 20.0 Å². The topological polar surface area (TPSA) is 123 Å². The Balaban J connectivity index is 1.57. The number of anilines is 2. The number of benzene rings is 1. The number of rotatable bonds is 6. The van der Waals surface area contributed by atoms with Crippen molar-refractivity contribution in [1.29, 1.82) is 5.26 Å². The number of pyridine rings is 1. The van der Waals surface area contributed by atoms with Gasteiger partial charge in [0.05, 0.1) is 28.8 Å². The molecule has 0 bridgehead atoms. The number of para-hydroxylation sites is 1. The van der Waals surface area contributed by atoms with Gasteiger partial charge < -0.3 is 9.64 Å². The van der Waals surface area contributed by atoms with Gasteiger partial charge in [-0.3, -0.25) is 33.3 Å². The first kappa shape index (κ1) is 31.0. The minimum absolute atomic E-state index is 0.0240. The molecule has 0 N–H and O–H groups in total. The molecular formula is C31H32N6O5S2. The first-order chi connectivity index (χ1) is 21.0. The molecule has 11 nitrogen and oxygen atoms in total. The zero-order valence-corrected chi connectivity index (χ0v) is 26.8. The number of thioether (sulfide) groups is 1. The highest BCUT2D eigenvalue weighted by molar-refractivity contribution is 8.27. The van der Waals surface area contributed by atoms with Gasteiger partial charge in [0.15, 0.2) is 4.32 Å². The Morgan fingerprint density at radius 3 is 2.39 bits per heavy atom. The number of hydrogen-bond acceptors (Lipinski definition) is 9. The number of hydrogen-bond donors (Lipinski definition) is 0. The Labute approximate surface area is 263 Å². The summed E-state index contributed by atoms with van der Waals surface area (Å²) in [7, 11) is 3.34. The number of carbonyl (C=O) groups is 2. The van der Waals surface area contributed by atoms with Crippen LogP contribution in [0.25, 0.3) is 11.8 Å². The molecule has 2 fully saturated rings. The second kappa shape index (κ2) is 12.3. The van der Waals surface area contributed by atoms with Gasteiger partial charge in [-0.2, -0.15) is 5.26 Å². The maximum Gasteiger partial charge on any atom is 0.309 e. The third-order valence-electron chi connectivity index (χ3n) is 8.20. The minimum atomic E-state index is -0.468. The summed E-state index contributed by atoms with van der Waals surface area (Å²) in [5, 5.41) is 9.84. The number of thiocarbonyl (C=S) groups is 1. The van der Waals surface area contributed by atoms with Crippen molar-refractivity contribution in [3.63, 3.8) is 0 Å². The van der Waals surface area contributed by atoms with E-state index in [1.165, 1.54) is 14.1 Å². The predicted molar refractivity (Wildman–Crippen MR) is 174 cm³/mol. The van der Waals surface area contributed by atoms with Gasteiger partial charge in [-0.25, -0.2) is 4.68 Å². The molecule has 0 spiro atoms. The highest BCUT2D eigenvalue weighted by Crippen LogP contribution is 2.39. The quantitative estimate of drug-likeness (QED) is 0.228. The summed E-state index contributed by atoms with van der Waals surface area (Å²) in [5.41, 5.74) is 1.49. The van der Waals surface area contributed by atoms with Crippen LogP contribution in [0.1, 0.15) is 42.1 Å². The summed E-state index contributed by atoms with van der Waals surface area (Å²) in [6.07, 6.45) is 2.72. The SMILES string of the molecule is CCOC(=O)C1CCN(c2c(/C=C3/SC(=S)N(c4c(C)n(C)n(-c5ccccc5)c4=O)C3=O)c(C)c(C#N)c(=O)n2C)CC1. The number of carbonyl (C=O) groups excluding carboxylic acids is 2. The summed E-state index contributed by atoms with van der Waals surface area (Å²) in [6, 6.07) is 11.1. The third kappa shape index (κ3) is 5.18. The van der Waals surface area contributed by atoms with Gasteiger partial charge >= 0.3 is 5.97 Å². The van der Waals surface area contributed by atoms with Crippen LogP contribution in [-0.2, 0) is 28.4 Å². The number of nitriles is 1. The lowest BCUT2D eigenvalue weighted by Crippen LogP contribution is -2.40. The van der Waals surface area contributed by atoms with Crippen molar-refractivity contribution in [2.45, 2.75) is 33.6 Å². The fraction of sp³-hybridized carbons (Fsp3) is 0.355. The fourth-order valence-corrected chi connectivity index (χ4v) is 7.04. The first-order valence-electron chi connectivity index (χ1n) is 14.2.